The monoisotopic (exact) mass is 100 g/mol. The predicted octanol–water partition coefficient (Wildman–Crippen LogP) is -0.316. The van der Waals surface area contributed by atoms with Gasteiger partial charge in [0.1, 0.15) is 0 Å². The Morgan fingerprint density at radius 3 is 2.57 bits per heavy atom. The van der Waals surface area contributed by atoms with Crippen LogP contribution in [-0.2, 0) is 9.59 Å². The summed E-state index contributed by atoms with van der Waals surface area (Å²) < 4.78 is 0. The van der Waals surface area contributed by atoms with Crippen LogP contribution in [0.1, 0.15) is 13.3 Å². The zero-order valence-corrected chi connectivity index (χ0v) is 4.05. The van der Waals surface area contributed by atoms with Gasteiger partial charge in [-0.1, -0.05) is 6.92 Å². The molecule has 2 amide bonds. The van der Waals surface area contributed by atoms with Crippen LogP contribution in [0, 0.1) is 0 Å². The largest absolute Gasteiger partial charge is 0.276 e. The van der Waals surface area contributed by atoms with E-state index >= 15 is 0 Å². The Morgan fingerprint density at radius 2 is 2.43 bits per heavy atom. The maximum absolute atomic E-state index is 10.0. The summed E-state index contributed by atoms with van der Waals surface area (Å²) >= 11 is 0. The van der Waals surface area contributed by atoms with Gasteiger partial charge in [-0.05, 0) is 0 Å². The van der Waals surface area contributed by atoms with Crippen LogP contribution < -0.4 is 5.32 Å². The molecule has 0 saturated heterocycles. The molecule has 3 heteroatoms. The normalized spacial score (nSPS) is 7.57. The van der Waals surface area contributed by atoms with Gasteiger partial charge in [-0.25, -0.2) is 0 Å². The number of carbonyl (C=O) groups is 2. The quantitative estimate of drug-likeness (QED) is 0.446. The molecule has 0 N–H and O–H groups in total. The van der Waals surface area contributed by atoms with Crippen LogP contribution in [0.2, 0.25) is 0 Å². The van der Waals surface area contributed by atoms with E-state index in [-0.39, 0.29) is 12.3 Å². The molecule has 0 heterocycles. The van der Waals surface area contributed by atoms with Crippen molar-refractivity contribution in [2.45, 2.75) is 13.3 Å². The third kappa shape index (κ3) is 2.96. The van der Waals surface area contributed by atoms with Crippen molar-refractivity contribution in [2.75, 3.05) is 0 Å². The minimum atomic E-state index is -0.366. The smallest absolute Gasteiger partial charge is 0.248 e. The van der Waals surface area contributed by atoms with E-state index in [1.165, 1.54) is 0 Å². The Bertz CT molecular complexity index is 79.8. The Morgan fingerprint density at radius 1 is 1.86 bits per heavy atom. The van der Waals surface area contributed by atoms with Gasteiger partial charge in [0, 0.05) is 6.42 Å². The highest BCUT2D eigenvalue weighted by molar-refractivity contribution is 5.84. The molecule has 7 heavy (non-hydrogen) atoms. The van der Waals surface area contributed by atoms with E-state index < -0.39 is 0 Å². The van der Waals surface area contributed by atoms with Crippen LogP contribution in [0.15, 0.2) is 0 Å². The molecule has 1 radical (unpaired) electrons. The lowest BCUT2D eigenvalue weighted by Crippen LogP contribution is -2.10. The molecule has 0 unspecified atom stereocenters. The summed E-state index contributed by atoms with van der Waals surface area (Å²) in [5.74, 6) is -0.366. The standard InChI is InChI=1S/C4H6NO2/c1-2-4(7)5-3-6/h3H,2H2,1H3. The van der Waals surface area contributed by atoms with Crippen LogP contribution in [0.5, 0.6) is 0 Å². The number of hydrogen-bond acceptors (Lipinski definition) is 2. The fourth-order valence-corrected chi connectivity index (χ4v) is 0.150. The highest BCUT2D eigenvalue weighted by Crippen LogP contribution is 1.71. The molecule has 0 spiro atoms. The minimum absolute atomic E-state index is 0.256. The predicted molar refractivity (Wildman–Crippen MR) is 23.5 cm³/mol. The first-order valence-electron chi connectivity index (χ1n) is 1.98. The molecule has 0 aromatic rings. The first-order chi connectivity index (χ1) is 3.31. The molecule has 0 aliphatic heterocycles. The number of imide groups is 1. The molecule has 0 saturated carbocycles. The first kappa shape index (κ1) is 6.14. The van der Waals surface area contributed by atoms with E-state index in [0.717, 1.165) is 0 Å². The molecule has 39 valence electrons. The maximum Gasteiger partial charge on any atom is 0.248 e. The molecular weight excluding hydrogens is 94.0 g/mol. The zero-order valence-electron chi connectivity index (χ0n) is 4.05. The van der Waals surface area contributed by atoms with Gasteiger partial charge in [-0.3, -0.25) is 9.59 Å². The van der Waals surface area contributed by atoms with Crippen LogP contribution in [0.25, 0.3) is 0 Å². The SMILES string of the molecule is CCC(=O)[N]C=O. The second-order valence-electron chi connectivity index (χ2n) is 0.982. The van der Waals surface area contributed by atoms with Gasteiger partial charge >= 0.3 is 0 Å². The van der Waals surface area contributed by atoms with Gasteiger partial charge in [0.05, 0.1) is 0 Å². The van der Waals surface area contributed by atoms with Crippen molar-refractivity contribution in [3.8, 4) is 0 Å². The molecule has 0 bridgehead atoms. The molecule has 3 nitrogen and oxygen atoms in total. The van der Waals surface area contributed by atoms with Gasteiger partial charge in [0.15, 0.2) is 0 Å². The fourth-order valence-electron chi connectivity index (χ4n) is 0.150. The van der Waals surface area contributed by atoms with Crippen molar-refractivity contribution in [3.63, 3.8) is 0 Å². The maximum atomic E-state index is 10.0. The summed E-state index contributed by atoms with van der Waals surface area (Å²) in [6.07, 6.45) is 0.560. The van der Waals surface area contributed by atoms with Crippen molar-refractivity contribution in [3.05, 3.63) is 0 Å². The number of nitrogens with zero attached hydrogens (tertiary/aromatic N) is 1. The van der Waals surface area contributed by atoms with E-state index in [2.05, 4.69) is 5.32 Å². The van der Waals surface area contributed by atoms with Gasteiger partial charge in [-0.2, -0.15) is 5.32 Å². The van der Waals surface area contributed by atoms with Gasteiger partial charge < -0.3 is 0 Å². The van der Waals surface area contributed by atoms with Crippen molar-refractivity contribution in [2.24, 2.45) is 0 Å². The van der Waals surface area contributed by atoms with Crippen LogP contribution in [-0.4, -0.2) is 12.3 Å². The second-order valence-corrected chi connectivity index (χ2v) is 0.982. The average molecular weight is 100 g/mol. The Kier molecular flexibility index (Phi) is 2.92. The van der Waals surface area contributed by atoms with Gasteiger partial charge in [0.25, 0.3) is 0 Å². The second kappa shape index (κ2) is 3.33. The summed E-state index contributed by atoms with van der Waals surface area (Å²) in [5.41, 5.74) is 0. The number of hydrogen-bond donors (Lipinski definition) is 0. The topological polar surface area (TPSA) is 48.2 Å². The molecule has 0 aromatic heterocycles. The number of amides is 2. The van der Waals surface area contributed by atoms with E-state index in [1.807, 2.05) is 0 Å². The van der Waals surface area contributed by atoms with Crippen molar-refractivity contribution in [1.82, 2.24) is 5.32 Å². The lowest BCUT2D eigenvalue weighted by atomic mass is 10.5. The molecule has 0 aliphatic carbocycles. The van der Waals surface area contributed by atoms with Gasteiger partial charge in [0.2, 0.25) is 12.3 Å². The van der Waals surface area contributed by atoms with E-state index in [0.29, 0.717) is 6.42 Å². The van der Waals surface area contributed by atoms with E-state index in [1.54, 1.807) is 6.92 Å². The summed E-state index contributed by atoms with van der Waals surface area (Å²) in [5, 5.41) is 2.92. The minimum Gasteiger partial charge on any atom is -0.276 e. The van der Waals surface area contributed by atoms with Crippen molar-refractivity contribution < 1.29 is 9.59 Å². The number of rotatable bonds is 2. The highest BCUT2D eigenvalue weighted by Gasteiger charge is 1.92. The fraction of sp³-hybridized carbons (Fsp3) is 0.500. The third-order valence-electron chi connectivity index (χ3n) is 0.499. The third-order valence-corrected chi connectivity index (χ3v) is 0.499. The molecule has 0 fully saturated rings. The van der Waals surface area contributed by atoms with Crippen molar-refractivity contribution in [1.29, 1.82) is 0 Å². The lowest BCUT2D eigenvalue weighted by Gasteiger charge is -1.81. The van der Waals surface area contributed by atoms with Gasteiger partial charge in [-0.15, -0.1) is 0 Å². The number of carbonyl (C=O) groups excluding carboxylic acids is 2. The molecule has 0 aromatic carbocycles. The molecular formula is C4H6NO2. The van der Waals surface area contributed by atoms with Crippen molar-refractivity contribution >= 4 is 12.3 Å². The molecule has 0 atom stereocenters. The van der Waals surface area contributed by atoms with Crippen LogP contribution in [0.3, 0.4) is 0 Å². The lowest BCUT2D eigenvalue weighted by molar-refractivity contribution is -0.125. The summed E-state index contributed by atoms with van der Waals surface area (Å²) in [6, 6.07) is 0. The molecule has 0 rings (SSSR count). The highest BCUT2D eigenvalue weighted by atomic mass is 16.2. The van der Waals surface area contributed by atoms with Crippen LogP contribution >= 0.6 is 0 Å². The van der Waals surface area contributed by atoms with Crippen LogP contribution in [0.4, 0.5) is 0 Å². The summed E-state index contributed by atoms with van der Waals surface area (Å²) in [4.78, 5) is 19.4. The Labute approximate surface area is 41.7 Å². The van der Waals surface area contributed by atoms with E-state index in [9.17, 15) is 9.59 Å². The van der Waals surface area contributed by atoms with E-state index in [4.69, 9.17) is 0 Å². The summed E-state index contributed by atoms with van der Waals surface area (Å²) in [6.45, 7) is 1.65. The zero-order chi connectivity index (χ0) is 5.70. The Balaban J connectivity index is 3.17. The first-order valence-corrected chi connectivity index (χ1v) is 1.98. The molecule has 0 aliphatic rings. The Hall–Kier alpha value is -0.860. The average Bonchev–Trinajstić information content (AvgIpc) is 1.68. The summed E-state index contributed by atoms with van der Waals surface area (Å²) in [7, 11) is 0.